The number of benzene rings is 3. The van der Waals surface area contributed by atoms with Crippen molar-refractivity contribution in [1.82, 2.24) is 15.3 Å². The minimum Gasteiger partial charge on any atom is -0.486 e. The van der Waals surface area contributed by atoms with Crippen molar-refractivity contribution < 1.29 is 13.9 Å². The van der Waals surface area contributed by atoms with Crippen molar-refractivity contribution in [1.29, 1.82) is 0 Å². The number of nitrogens with zero attached hydrogens (tertiary/aromatic N) is 1. The molecule has 0 spiro atoms. The number of para-hydroxylation sites is 2. The van der Waals surface area contributed by atoms with Crippen molar-refractivity contribution in [3.05, 3.63) is 96.2 Å². The van der Waals surface area contributed by atoms with Crippen LogP contribution in [0.4, 0.5) is 0 Å². The smallest absolute Gasteiger partial charge is 0.287 e. The van der Waals surface area contributed by atoms with Crippen LogP contribution in [0.2, 0.25) is 0 Å². The van der Waals surface area contributed by atoms with Crippen LogP contribution in [-0.4, -0.2) is 15.9 Å². The number of amides is 1. The summed E-state index contributed by atoms with van der Waals surface area (Å²) in [6.07, 6.45) is 0. The van der Waals surface area contributed by atoms with Crippen LogP contribution in [0, 0.1) is 0 Å². The van der Waals surface area contributed by atoms with Gasteiger partial charge in [0.25, 0.3) is 5.91 Å². The maximum atomic E-state index is 12.6. The van der Waals surface area contributed by atoms with Crippen molar-refractivity contribution in [3.8, 4) is 5.75 Å². The van der Waals surface area contributed by atoms with E-state index in [0.717, 1.165) is 27.6 Å². The summed E-state index contributed by atoms with van der Waals surface area (Å²) in [7, 11) is 0. The average molecular weight is 411 g/mol. The molecule has 2 heterocycles. The number of imidazole rings is 1. The number of aromatic amines is 1. The van der Waals surface area contributed by atoms with Crippen molar-refractivity contribution in [3.63, 3.8) is 0 Å². The fraction of sp³-hybridized carbons (Fsp3) is 0.120. The molecule has 0 bridgehead atoms. The highest BCUT2D eigenvalue weighted by Gasteiger charge is 2.17. The minimum atomic E-state index is -0.301. The van der Waals surface area contributed by atoms with Gasteiger partial charge < -0.3 is 19.5 Å². The fourth-order valence-electron chi connectivity index (χ4n) is 3.50. The van der Waals surface area contributed by atoms with Gasteiger partial charge in [-0.05, 0) is 54.1 Å². The van der Waals surface area contributed by atoms with E-state index in [0.29, 0.717) is 11.6 Å². The fourth-order valence-corrected chi connectivity index (χ4v) is 3.50. The molecule has 0 fully saturated rings. The Hall–Kier alpha value is -4.06. The Labute approximate surface area is 178 Å². The van der Waals surface area contributed by atoms with Crippen LogP contribution in [0.1, 0.15) is 35.1 Å². The molecule has 31 heavy (non-hydrogen) atoms. The standard InChI is InChI=1S/C25H21N3O3/c1-16(24-27-21-8-4-5-9-22(21)28-24)26-25(29)23-13-12-20(31-23)15-30-19-11-10-17-6-2-3-7-18(17)14-19/h2-14,16H,15H2,1H3,(H,26,29)(H,27,28)/t16-/m0/s1. The Morgan fingerprint density at radius 1 is 1.03 bits per heavy atom. The number of H-pyrrole nitrogens is 1. The van der Waals surface area contributed by atoms with E-state index in [4.69, 9.17) is 9.15 Å². The van der Waals surface area contributed by atoms with Crippen molar-refractivity contribution >= 4 is 27.7 Å². The molecule has 1 amide bonds. The molecule has 0 saturated heterocycles. The Bertz CT molecular complexity index is 1340. The number of furan rings is 1. The quantitative estimate of drug-likeness (QED) is 0.393. The second-order valence-corrected chi connectivity index (χ2v) is 7.40. The third-order valence-corrected chi connectivity index (χ3v) is 5.15. The van der Waals surface area contributed by atoms with Gasteiger partial charge in [-0.25, -0.2) is 4.98 Å². The van der Waals surface area contributed by atoms with Gasteiger partial charge in [-0.15, -0.1) is 0 Å². The molecule has 0 aliphatic rings. The van der Waals surface area contributed by atoms with E-state index >= 15 is 0 Å². The first kappa shape index (κ1) is 18.9. The van der Waals surface area contributed by atoms with Gasteiger partial charge in [-0.2, -0.15) is 0 Å². The molecule has 0 aliphatic heterocycles. The lowest BCUT2D eigenvalue weighted by Crippen LogP contribution is -2.27. The number of fused-ring (bicyclic) bond motifs is 2. The van der Waals surface area contributed by atoms with Gasteiger partial charge >= 0.3 is 0 Å². The number of carbonyl (C=O) groups excluding carboxylic acids is 1. The van der Waals surface area contributed by atoms with Crippen LogP contribution >= 0.6 is 0 Å². The molecule has 5 rings (SSSR count). The summed E-state index contributed by atoms with van der Waals surface area (Å²) in [6, 6.07) is 24.9. The second kappa shape index (κ2) is 7.99. The number of nitrogens with one attached hydrogen (secondary N) is 2. The number of ether oxygens (including phenoxy) is 1. The first-order chi connectivity index (χ1) is 15.2. The molecule has 154 valence electrons. The SMILES string of the molecule is C[C@H](NC(=O)c1ccc(COc2ccc3ccccc3c2)o1)c1nc2ccccc2[nH]1. The highest BCUT2D eigenvalue weighted by molar-refractivity contribution is 5.91. The van der Waals surface area contributed by atoms with Crippen LogP contribution in [0.5, 0.6) is 5.75 Å². The molecule has 3 aromatic carbocycles. The summed E-state index contributed by atoms with van der Waals surface area (Å²) in [6.45, 7) is 2.12. The highest BCUT2D eigenvalue weighted by Crippen LogP contribution is 2.22. The third kappa shape index (κ3) is 4.00. The van der Waals surface area contributed by atoms with Crippen molar-refractivity contribution in [2.24, 2.45) is 0 Å². The zero-order chi connectivity index (χ0) is 21.2. The lowest BCUT2D eigenvalue weighted by molar-refractivity contribution is 0.0906. The molecule has 5 aromatic rings. The van der Waals surface area contributed by atoms with E-state index in [1.165, 1.54) is 0 Å². The van der Waals surface area contributed by atoms with Crippen LogP contribution in [0.15, 0.2) is 83.3 Å². The Kier molecular flexibility index (Phi) is 4.88. The summed E-state index contributed by atoms with van der Waals surface area (Å²) in [5, 5.41) is 5.18. The van der Waals surface area contributed by atoms with Crippen LogP contribution in [0.25, 0.3) is 21.8 Å². The van der Waals surface area contributed by atoms with Crippen molar-refractivity contribution in [2.45, 2.75) is 19.6 Å². The molecule has 1 atom stereocenters. The van der Waals surface area contributed by atoms with E-state index in [1.54, 1.807) is 12.1 Å². The number of rotatable bonds is 6. The molecular weight excluding hydrogens is 390 g/mol. The number of hydrogen-bond donors (Lipinski definition) is 2. The van der Waals surface area contributed by atoms with Crippen molar-refractivity contribution in [2.75, 3.05) is 0 Å². The minimum absolute atomic E-state index is 0.236. The van der Waals surface area contributed by atoms with Gasteiger partial charge in [0.2, 0.25) is 0 Å². The molecule has 0 saturated carbocycles. The second-order valence-electron chi connectivity index (χ2n) is 7.40. The van der Waals surface area contributed by atoms with E-state index in [-0.39, 0.29) is 24.3 Å². The van der Waals surface area contributed by atoms with Gasteiger partial charge in [0.1, 0.15) is 23.9 Å². The molecule has 0 aliphatic carbocycles. The molecule has 6 nitrogen and oxygen atoms in total. The lowest BCUT2D eigenvalue weighted by Gasteiger charge is -2.10. The van der Waals surface area contributed by atoms with Gasteiger partial charge in [-0.1, -0.05) is 42.5 Å². The molecule has 2 aromatic heterocycles. The van der Waals surface area contributed by atoms with Crippen LogP contribution in [-0.2, 0) is 6.61 Å². The number of aromatic nitrogens is 2. The predicted molar refractivity (Wildman–Crippen MR) is 119 cm³/mol. The molecule has 0 unspecified atom stereocenters. The zero-order valence-electron chi connectivity index (χ0n) is 17.0. The molecular formula is C25H21N3O3. The average Bonchev–Trinajstić information content (AvgIpc) is 3.45. The van der Waals surface area contributed by atoms with Gasteiger partial charge in [0.05, 0.1) is 17.1 Å². The largest absolute Gasteiger partial charge is 0.486 e. The highest BCUT2D eigenvalue weighted by atomic mass is 16.5. The Morgan fingerprint density at radius 3 is 2.71 bits per heavy atom. The summed E-state index contributed by atoms with van der Waals surface area (Å²) in [5.41, 5.74) is 1.80. The first-order valence-corrected chi connectivity index (χ1v) is 10.1. The Morgan fingerprint density at radius 2 is 1.84 bits per heavy atom. The summed E-state index contributed by atoms with van der Waals surface area (Å²) in [5.74, 6) is 1.96. The van der Waals surface area contributed by atoms with Gasteiger partial charge in [-0.3, -0.25) is 4.79 Å². The summed E-state index contributed by atoms with van der Waals surface area (Å²) < 4.78 is 11.5. The topological polar surface area (TPSA) is 80.2 Å². The normalized spacial score (nSPS) is 12.2. The first-order valence-electron chi connectivity index (χ1n) is 10.1. The van der Waals surface area contributed by atoms with E-state index in [9.17, 15) is 4.79 Å². The molecule has 2 N–H and O–H groups in total. The number of hydrogen-bond acceptors (Lipinski definition) is 4. The van der Waals surface area contributed by atoms with Gasteiger partial charge in [0.15, 0.2) is 5.76 Å². The van der Waals surface area contributed by atoms with Crippen LogP contribution < -0.4 is 10.1 Å². The van der Waals surface area contributed by atoms with E-state index < -0.39 is 0 Å². The Balaban J connectivity index is 1.22. The third-order valence-electron chi connectivity index (χ3n) is 5.15. The lowest BCUT2D eigenvalue weighted by atomic mass is 10.1. The number of carbonyl (C=O) groups is 1. The molecule has 6 heteroatoms. The maximum absolute atomic E-state index is 12.6. The van der Waals surface area contributed by atoms with Gasteiger partial charge in [0, 0.05) is 0 Å². The predicted octanol–water partition coefficient (Wildman–Crippen LogP) is 5.38. The van der Waals surface area contributed by atoms with E-state index in [1.807, 2.05) is 67.6 Å². The molecule has 0 radical (unpaired) electrons. The summed E-state index contributed by atoms with van der Waals surface area (Å²) >= 11 is 0. The maximum Gasteiger partial charge on any atom is 0.287 e. The zero-order valence-corrected chi connectivity index (χ0v) is 17.0. The van der Waals surface area contributed by atoms with E-state index in [2.05, 4.69) is 21.4 Å². The monoisotopic (exact) mass is 411 g/mol. The summed E-state index contributed by atoms with van der Waals surface area (Å²) in [4.78, 5) is 20.4. The van der Waals surface area contributed by atoms with Crippen LogP contribution in [0.3, 0.4) is 0 Å².